The van der Waals surface area contributed by atoms with Crippen molar-refractivity contribution in [3.63, 3.8) is 0 Å². The maximum Gasteiger partial charge on any atom is 0.192 e. The lowest BCUT2D eigenvalue weighted by Crippen LogP contribution is -2.43. The number of halogens is 1. The smallest absolute Gasteiger partial charge is 0.192 e. The van der Waals surface area contributed by atoms with Gasteiger partial charge in [-0.2, -0.15) is 0 Å². The van der Waals surface area contributed by atoms with Gasteiger partial charge in [0.05, 0.1) is 12.6 Å². The Kier molecular flexibility index (Phi) is 12.4. The second-order valence-electron chi connectivity index (χ2n) is 6.95. The minimum Gasteiger partial charge on any atom is -0.354 e. The summed E-state index contributed by atoms with van der Waals surface area (Å²) in [6.45, 7) is 10.2. The van der Waals surface area contributed by atoms with Crippen molar-refractivity contribution in [3.8, 4) is 0 Å². The highest BCUT2D eigenvalue weighted by atomic mass is 127. The van der Waals surface area contributed by atoms with Crippen LogP contribution in [-0.4, -0.2) is 33.3 Å². The molecule has 2 atom stereocenters. The van der Waals surface area contributed by atoms with E-state index in [4.69, 9.17) is 4.99 Å². The molecule has 158 valence electrons. The van der Waals surface area contributed by atoms with Crippen LogP contribution in [0.25, 0.3) is 0 Å². The van der Waals surface area contributed by atoms with Crippen LogP contribution in [0.2, 0.25) is 0 Å². The van der Waals surface area contributed by atoms with Crippen molar-refractivity contribution in [1.29, 1.82) is 0 Å². The highest BCUT2D eigenvalue weighted by molar-refractivity contribution is 14.0. The van der Waals surface area contributed by atoms with Crippen LogP contribution in [-0.2, 0) is 13.0 Å². The lowest BCUT2D eigenvalue weighted by Gasteiger charge is -2.21. The number of aryl methyl sites for hydroxylation is 1. The van der Waals surface area contributed by atoms with Crippen LogP contribution in [0.3, 0.4) is 0 Å². The van der Waals surface area contributed by atoms with Gasteiger partial charge in [-0.15, -0.1) is 45.5 Å². The molecule has 8 heteroatoms. The Labute approximate surface area is 190 Å². The first kappa shape index (κ1) is 24.9. The molecule has 0 amide bonds. The number of aromatic nitrogens is 3. The normalized spacial score (nSPS) is 13.6. The molecule has 0 saturated heterocycles. The van der Waals surface area contributed by atoms with E-state index >= 15 is 0 Å². The minimum absolute atomic E-state index is 0. The summed E-state index contributed by atoms with van der Waals surface area (Å²) in [5.74, 6) is 1.89. The summed E-state index contributed by atoms with van der Waals surface area (Å²) in [4.78, 5) is 6.13. The summed E-state index contributed by atoms with van der Waals surface area (Å²) in [7, 11) is 0. The van der Waals surface area contributed by atoms with Gasteiger partial charge in [0.2, 0.25) is 0 Å². The Hall–Kier alpha value is -1.16. The maximum atomic E-state index is 4.81. The van der Waals surface area contributed by atoms with Gasteiger partial charge < -0.3 is 15.2 Å². The van der Waals surface area contributed by atoms with Gasteiger partial charge in [-0.3, -0.25) is 4.99 Å². The Morgan fingerprint density at radius 3 is 2.75 bits per heavy atom. The summed E-state index contributed by atoms with van der Waals surface area (Å²) < 4.78 is 2.08. The van der Waals surface area contributed by atoms with Crippen molar-refractivity contribution in [2.45, 2.75) is 78.4 Å². The predicted molar refractivity (Wildman–Crippen MR) is 130 cm³/mol. The van der Waals surface area contributed by atoms with E-state index in [1.165, 1.54) is 24.1 Å². The predicted octanol–water partition coefficient (Wildman–Crippen LogP) is 4.79. The first-order valence-corrected chi connectivity index (χ1v) is 11.0. The van der Waals surface area contributed by atoms with Crippen molar-refractivity contribution in [2.24, 2.45) is 4.99 Å². The summed E-state index contributed by atoms with van der Waals surface area (Å²) in [6, 6.07) is 4.89. The molecule has 2 rings (SSSR count). The van der Waals surface area contributed by atoms with Gasteiger partial charge in [0.1, 0.15) is 12.2 Å². The molecule has 0 fully saturated rings. The molecule has 2 aromatic heterocycles. The standard InChI is InChI=1S/C20H34N6S.HI/c1-5-7-8-10-16(3)23-20(24-17(4)18-11-9-14-27-18)21-12-13-26-15-22-25-19(26)6-2;/h9,11,14-17H,5-8,10,12-13H2,1-4H3,(H2,21,23,24);1H. The molecule has 0 bridgehead atoms. The number of rotatable bonds is 11. The number of hydrogen-bond acceptors (Lipinski definition) is 4. The number of guanidine groups is 1. The Morgan fingerprint density at radius 1 is 1.25 bits per heavy atom. The number of unbranched alkanes of at least 4 members (excludes halogenated alkanes) is 2. The van der Waals surface area contributed by atoms with Gasteiger partial charge in [-0.05, 0) is 31.7 Å². The van der Waals surface area contributed by atoms with E-state index < -0.39 is 0 Å². The van der Waals surface area contributed by atoms with Gasteiger partial charge in [0.15, 0.2) is 5.96 Å². The van der Waals surface area contributed by atoms with Gasteiger partial charge in [0.25, 0.3) is 0 Å². The van der Waals surface area contributed by atoms with Crippen LogP contribution >= 0.6 is 35.3 Å². The first-order valence-electron chi connectivity index (χ1n) is 10.1. The fourth-order valence-corrected chi connectivity index (χ4v) is 3.70. The molecule has 0 aliphatic heterocycles. The largest absolute Gasteiger partial charge is 0.354 e. The maximum absolute atomic E-state index is 4.81. The zero-order valence-electron chi connectivity index (χ0n) is 17.5. The quantitative estimate of drug-likeness (QED) is 0.194. The van der Waals surface area contributed by atoms with Crippen LogP contribution in [0.1, 0.15) is 70.1 Å². The van der Waals surface area contributed by atoms with E-state index in [0.717, 1.165) is 31.2 Å². The second-order valence-corrected chi connectivity index (χ2v) is 7.93. The molecular formula is C20H35IN6S. The molecule has 0 aliphatic carbocycles. The molecule has 2 N–H and O–H groups in total. The summed E-state index contributed by atoms with van der Waals surface area (Å²) in [5.41, 5.74) is 0. The second kappa shape index (κ2) is 13.9. The molecule has 0 saturated carbocycles. The monoisotopic (exact) mass is 518 g/mol. The highest BCUT2D eigenvalue weighted by Gasteiger charge is 2.11. The molecule has 0 aromatic carbocycles. The molecule has 2 heterocycles. The van der Waals surface area contributed by atoms with Crippen LogP contribution in [0.15, 0.2) is 28.8 Å². The Morgan fingerprint density at radius 2 is 2.07 bits per heavy atom. The van der Waals surface area contributed by atoms with Gasteiger partial charge in [-0.1, -0.05) is 39.2 Å². The fourth-order valence-electron chi connectivity index (χ4n) is 2.96. The molecule has 0 aliphatic rings. The molecule has 0 spiro atoms. The molecule has 6 nitrogen and oxygen atoms in total. The zero-order chi connectivity index (χ0) is 19.5. The molecule has 28 heavy (non-hydrogen) atoms. The number of aliphatic imine (C=N–C) groups is 1. The lowest BCUT2D eigenvalue weighted by atomic mass is 10.1. The lowest BCUT2D eigenvalue weighted by molar-refractivity contribution is 0.539. The average molecular weight is 519 g/mol. The topological polar surface area (TPSA) is 67.1 Å². The average Bonchev–Trinajstić information content (AvgIpc) is 3.33. The zero-order valence-corrected chi connectivity index (χ0v) is 20.7. The van der Waals surface area contributed by atoms with Crippen molar-refractivity contribution >= 4 is 41.3 Å². The van der Waals surface area contributed by atoms with Crippen LogP contribution in [0.5, 0.6) is 0 Å². The van der Waals surface area contributed by atoms with E-state index in [1.54, 1.807) is 17.7 Å². The summed E-state index contributed by atoms with van der Waals surface area (Å²) >= 11 is 1.77. The van der Waals surface area contributed by atoms with Gasteiger partial charge in [0, 0.05) is 23.9 Å². The van der Waals surface area contributed by atoms with Crippen molar-refractivity contribution < 1.29 is 0 Å². The third-order valence-electron chi connectivity index (χ3n) is 4.57. The first-order chi connectivity index (χ1) is 13.1. The van der Waals surface area contributed by atoms with Gasteiger partial charge >= 0.3 is 0 Å². The Bertz CT molecular complexity index is 670. The van der Waals surface area contributed by atoms with Crippen LogP contribution < -0.4 is 10.6 Å². The van der Waals surface area contributed by atoms with E-state index in [-0.39, 0.29) is 30.0 Å². The van der Waals surface area contributed by atoms with Crippen molar-refractivity contribution in [3.05, 3.63) is 34.5 Å². The van der Waals surface area contributed by atoms with Crippen molar-refractivity contribution in [1.82, 2.24) is 25.4 Å². The molecular weight excluding hydrogens is 483 g/mol. The van der Waals surface area contributed by atoms with Crippen LogP contribution in [0.4, 0.5) is 0 Å². The number of thiophene rings is 1. The van der Waals surface area contributed by atoms with E-state index in [2.05, 4.69) is 70.6 Å². The molecule has 2 unspecified atom stereocenters. The Balaban J connectivity index is 0.00000392. The number of nitrogens with one attached hydrogen (secondary N) is 2. The number of hydrogen-bond donors (Lipinski definition) is 2. The van der Waals surface area contributed by atoms with Gasteiger partial charge in [-0.25, -0.2) is 0 Å². The third-order valence-corrected chi connectivity index (χ3v) is 5.62. The molecule has 2 aromatic rings. The fraction of sp³-hybridized carbons (Fsp3) is 0.650. The SMILES string of the molecule is CCCCCC(C)NC(=NCCn1cnnc1CC)NC(C)c1cccs1.I. The number of nitrogens with zero attached hydrogens (tertiary/aromatic N) is 4. The summed E-state index contributed by atoms with van der Waals surface area (Å²) in [5, 5.41) is 17.4. The highest BCUT2D eigenvalue weighted by Crippen LogP contribution is 2.18. The summed E-state index contributed by atoms with van der Waals surface area (Å²) in [6.07, 6.45) is 7.62. The van der Waals surface area contributed by atoms with E-state index in [9.17, 15) is 0 Å². The van der Waals surface area contributed by atoms with Crippen LogP contribution in [0, 0.1) is 0 Å². The molecule has 0 radical (unpaired) electrons. The minimum atomic E-state index is 0. The van der Waals surface area contributed by atoms with Crippen molar-refractivity contribution in [2.75, 3.05) is 6.54 Å². The third kappa shape index (κ3) is 8.46. The van der Waals surface area contributed by atoms with E-state index in [1.807, 2.05) is 0 Å². The van der Waals surface area contributed by atoms with E-state index in [0.29, 0.717) is 12.6 Å².